The first-order valence-corrected chi connectivity index (χ1v) is 8.10. The molecule has 1 unspecified atom stereocenters. The zero-order chi connectivity index (χ0) is 14.9. The van der Waals surface area contributed by atoms with E-state index in [0.717, 1.165) is 50.6 Å². The van der Waals surface area contributed by atoms with Crippen LogP contribution < -0.4 is 4.74 Å². The third kappa shape index (κ3) is 5.83. The monoisotopic (exact) mass is 313 g/mol. The number of nitrogens with zero attached hydrogens (tertiary/aromatic N) is 1. The molecular formula is C16H24ClNO3. The second kappa shape index (κ2) is 9.26. The lowest BCUT2D eigenvalue weighted by atomic mass is 10.1. The minimum atomic E-state index is -0.488. The van der Waals surface area contributed by atoms with Gasteiger partial charge in [-0.3, -0.25) is 4.90 Å². The van der Waals surface area contributed by atoms with E-state index in [1.165, 1.54) is 0 Å². The molecule has 1 saturated heterocycles. The quantitative estimate of drug-likeness (QED) is 0.591. The van der Waals surface area contributed by atoms with Crippen LogP contribution in [0.3, 0.4) is 0 Å². The van der Waals surface area contributed by atoms with Gasteiger partial charge < -0.3 is 14.6 Å². The van der Waals surface area contributed by atoms with E-state index in [2.05, 4.69) is 4.90 Å². The van der Waals surface area contributed by atoms with E-state index in [-0.39, 0.29) is 0 Å². The number of aliphatic hydroxyl groups is 1. The molecule has 0 spiro atoms. The average molecular weight is 314 g/mol. The lowest BCUT2D eigenvalue weighted by Gasteiger charge is -2.26. The molecule has 0 bridgehead atoms. The van der Waals surface area contributed by atoms with Gasteiger partial charge in [-0.1, -0.05) is 12.1 Å². The van der Waals surface area contributed by atoms with Gasteiger partial charge in [-0.2, -0.15) is 0 Å². The smallest absolute Gasteiger partial charge is 0.119 e. The largest absolute Gasteiger partial charge is 0.494 e. The van der Waals surface area contributed by atoms with Crippen LogP contribution in [0.4, 0.5) is 0 Å². The highest BCUT2D eigenvalue weighted by Gasteiger charge is 2.09. The second-order valence-corrected chi connectivity index (χ2v) is 5.60. The van der Waals surface area contributed by atoms with Crippen molar-refractivity contribution in [2.75, 3.05) is 45.3 Å². The van der Waals surface area contributed by atoms with E-state index < -0.39 is 6.10 Å². The van der Waals surface area contributed by atoms with Crippen LogP contribution in [-0.2, 0) is 4.74 Å². The van der Waals surface area contributed by atoms with E-state index in [1.807, 2.05) is 24.3 Å². The molecule has 1 aromatic rings. The molecule has 0 saturated carbocycles. The van der Waals surface area contributed by atoms with Crippen molar-refractivity contribution in [2.24, 2.45) is 0 Å². The van der Waals surface area contributed by atoms with E-state index >= 15 is 0 Å². The molecule has 1 aliphatic rings. The fraction of sp³-hybridized carbons (Fsp3) is 0.625. The van der Waals surface area contributed by atoms with E-state index in [4.69, 9.17) is 21.1 Å². The number of rotatable bonds is 8. The predicted octanol–water partition coefficient (Wildman–Crippen LogP) is 2.45. The summed E-state index contributed by atoms with van der Waals surface area (Å²) in [6, 6.07) is 7.60. The Balaban J connectivity index is 1.66. The first-order chi connectivity index (χ1) is 10.3. The molecule has 0 radical (unpaired) electrons. The molecule has 1 aliphatic heterocycles. The Kier molecular flexibility index (Phi) is 7.30. The molecule has 0 aromatic heterocycles. The van der Waals surface area contributed by atoms with Crippen molar-refractivity contribution in [3.05, 3.63) is 29.8 Å². The Morgan fingerprint density at radius 1 is 1.24 bits per heavy atom. The molecule has 1 aromatic carbocycles. The Morgan fingerprint density at radius 2 is 1.95 bits per heavy atom. The summed E-state index contributed by atoms with van der Waals surface area (Å²) in [6.07, 6.45) is 1.09. The minimum Gasteiger partial charge on any atom is -0.494 e. The van der Waals surface area contributed by atoms with Crippen molar-refractivity contribution in [1.82, 2.24) is 4.90 Å². The Labute approximate surface area is 131 Å². The fourth-order valence-corrected chi connectivity index (χ4v) is 2.57. The van der Waals surface area contributed by atoms with Crippen molar-refractivity contribution in [3.63, 3.8) is 0 Å². The van der Waals surface area contributed by atoms with Crippen LogP contribution in [0.1, 0.15) is 24.5 Å². The lowest BCUT2D eigenvalue weighted by molar-refractivity contribution is 0.0358. The van der Waals surface area contributed by atoms with E-state index in [9.17, 15) is 5.11 Å². The van der Waals surface area contributed by atoms with Gasteiger partial charge in [0.2, 0.25) is 0 Å². The Morgan fingerprint density at radius 3 is 2.62 bits per heavy atom. The van der Waals surface area contributed by atoms with Crippen molar-refractivity contribution < 1.29 is 14.6 Å². The fourth-order valence-electron chi connectivity index (χ4n) is 2.36. The molecule has 118 valence electrons. The predicted molar refractivity (Wildman–Crippen MR) is 84.1 cm³/mol. The second-order valence-electron chi connectivity index (χ2n) is 5.22. The van der Waals surface area contributed by atoms with Gasteiger partial charge in [0.15, 0.2) is 0 Å². The number of hydrogen-bond acceptors (Lipinski definition) is 4. The zero-order valence-electron chi connectivity index (χ0n) is 12.3. The molecule has 21 heavy (non-hydrogen) atoms. The Hall–Kier alpha value is -0.810. The zero-order valence-corrected chi connectivity index (χ0v) is 13.1. The number of benzene rings is 1. The van der Waals surface area contributed by atoms with Gasteiger partial charge in [0.1, 0.15) is 5.75 Å². The van der Waals surface area contributed by atoms with Crippen molar-refractivity contribution in [3.8, 4) is 5.75 Å². The summed E-state index contributed by atoms with van der Waals surface area (Å²) in [5.74, 6) is 1.31. The van der Waals surface area contributed by atoms with Gasteiger partial charge in [0.25, 0.3) is 0 Å². The maximum absolute atomic E-state index is 9.83. The van der Waals surface area contributed by atoms with Gasteiger partial charge in [0.05, 0.1) is 25.9 Å². The van der Waals surface area contributed by atoms with Gasteiger partial charge in [-0.05, 0) is 30.5 Å². The molecule has 1 atom stereocenters. The normalized spacial score (nSPS) is 17.6. The number of ether oxygens (including phenoxy) is 2. The van der Waals surface area contributed by atoms with E-state index in [0.29, 0.717) is 18.9 Å². The minimum absolute atomic E-state index is 0.459. The van der Waals surface area contributed by atoms with Crippen LogP contribution >= 0.6 is 11.6 Å². The molecule has 2 rings (SSSR count). The third-order valence-electron chi connectivity index (χ3n) is 3.64. The number of alkyl halides is 1. The number of morpholine rings is 1. The van der Waals surface area contributed by atoms with Crippen LogP contribution in [0.5, 0.6) is 5.75 Å². The summed E-state index contributed by atoms with van der Waals surface area (Å²) in [5, 5.41) is 9.83. The van der Waals surface area contributed by atoms with Crippen LogP contribution in [0.2, 0.25) is 0 Å². The van der Waals surface area contributed by atoms with Crippen LogP contribution in [0.15, 0.2) is 24.3 Å². The van der Waals surface area contributed by atoms with Gasteiger partial charge >= 0.3 is 0 Å². The molecule has 1 fully saturated rings. The highest BCUT2D eigenvalue weighted by molar-refractivity contribution is 6.17. The first kappa shape index (κ1) is 16.6. The van der Waals surface area contributed by atoms with Gasteiger partial charge in [-0.25, -0.2) is 0 Å². The molecule has 0 aliphatic carbocycles. The summed E-state index contributed by atoms with van der Waals surface area (Å²) in [5.41, 5.74) is 0.885. The summed E-state index contributed by atoms with van der Waals surface area (Å²) in [6.45, 7) is 5.48. The number of halogens is 1. The molecule has 1 heterocycles. The molecular weight excluding hydrogens is 290 g/mol. The SMILES string of the molecule is OC(CCCl)c1ccc(OCCCN2CCOCC2)cc1. The van der Waals surface area contributed by atoms with Gasteiger partial charge in [0, 0.05) is 25.5 Å². The number of hydrogen-bond donors (Lipinski definition) is 1. The summed E-state index contributed by atoms with van der Waals surface area (Å²) >= 11 is 5.63. The molecule has 0 amide bonds. The van der Waals surface area contributed by atoms with Crippen LogP contribution in [0, 0.1) is 0 Å². The van der Waals surface area contributed by atoms with Crippen molar-refractivity contribution in [2.45, 2.75) is 18.9 Å². The Bertz CT molecular complexity index is 393. The summed E-state index contributed by atoms with van der Waals surface area (Å²) < 4.78 is 11.0. The maximum Gasteiger partial charge on any atom is 0.119 e. The average Bonchev–Trinajstić information content (AvgIpc) is 2.53. The lowest BCUT2D eigenvalue weighted by Crippen LogP contribution is -2.37. The van der Waals surface area contributed by atoms with Crippen molar-refractivity contribution >= 4 is 11.6 Å². The third-order valence-corrected chi connectivity index (χ3v) is 3.86. The standard InChI is InChI=1S/C16H24ClNO3/c17-7-6-16(19)14-2-4-15(5-3-14)21-11-1-8-18-9-12-20-13-10-18/h2-5,16,19H,1,6-13H2. The topological polar surface area (TPSA) is 41.9 Å². The van der Waals surface area contributed by atoms with Gasteiger partial charge in [-0.15, -0.1) is 11.6 Å². The van der Waals surface area contributed by atoms with Crippen LogP contribution in [-0.4, -0.2) is 55.3 Å². The highest BCUT2D eigenvalue weighted by Crippen LogP contribution is 2.20. The molecule has 1 N–H and O–H groups in total. The summed E-state index contributed by atoms with van der Waals surface area (Å²) in [7, 11) is 0. The molecule has 4 nitrogen and oxygen atoms in total. The van der Waals surface area contributed by atoms with E-state index in [1.54, 1.807) is 0 Å². The molecule has 5 heteroatoms. The summed E-state index contributed by atoms with van der Waals surface area (Å²) in [4.78, 5) is 2.40. The first-order valence-electron chi connectivity index (χ1n) is 7.56. The van der Waals surface area contributed by atoms with Crippen LogP contribution in [0.25, 0.3) is 0 Å². The maximum atomic E-state index is 9.83. The number of aliphatic hydroxyl groups excluding tert-OH is 1. The highest BCUT2D eigenvalue weighted by atomic mass is 35.5. The van der Waals surface area contributed by atoms with Crippen molar-refractivity contribution in [1.29, 1.82) is 0 Å².